The molecule has 2 aromatic rings. The Morgan fingerprint density at radius 2 is 1.80 bits per heavy atom. The van der Waals surface area contributed by atoms with Crippen LogP contribution in [0.5, 0.6) is 11.5 Å². The van der Waals surface area contributed by atoms with Crippen LogP contribution in [0.3, 0.4) is 0 Å². The lowest BCUT2D eigenvalue weighted by atomic mass is 9.53. The zero-order valence-corrected chi connectivity index (χ0v) is 28.9. The normalized spacial score (nSPS) is 28.7. The summed E-state index contributed by atoms with van der Waals surface area (Å²) in [6, 6.07) is 8.06. The Balaban J connectivity index is 0.000000200. The number of aliphatic carboxylic acids is 1. The molecule has 1 aliphatic carbocycles. The predicted molar refractivity (Wildman–Crippen MR) is 178 cm³/mol. The number of anilines is 1. The van der Waals surface area contributed by atoms with E-state index >= 15 is 0 Å². The molecule has 16 nitrogen and oxygen atoms in total. The van der Waals surface area contributed by atoms with E-state index in [2.05, 4.69) is 23.1 Å². The highest BCUT2D eigenvalue weighted by atomic mass is 16.6. The van der Waals surface area contributed by atoms with E-state index < -0.39 is 29.4 Å². The van der Waals surface area contributed by atoms with Crippen molar-refractivity contribution in [2.45, 2.75) is 48.9 Å². The summed E-state index contributed by atoms with van der Waals surface area (Å²) >= 11 is 0. The number of carboxylic acids is 1. The first-order chi connectivity index (χ1) is 24.6. The number of nitrogens with zero attached hydrogens (tertiary/aromatic N) is 2. The Morgan fingerprint density at radius 1 is 1.14 bits per heavy atom. The van der Waals surface area contributed by atoms with Crippen LogP contribution in [0.25, 0.3) is 0 Å². The molecule has 2 amide bonds. The molecule has 1 saturated carbocycles. The maximum atomic E-state index is 13.5. The lowest BCUT2D eigenvalue weighted by Crippen LogP contribution is -3.16. The van der Waals surface area contributed by atoms with Gasteiger partial charge in [0.1, 0.15) is 6.04 Å². The van der Waals surface area contributed by atoms with Gasteiger partial charge in [0.2, 0.25) is 5.91 Å². The van der Waals surface area contributed by atoms with Crippen molar-refractivity contribution in [1.82, 2.24) is 5.32 Å². The zero-order valence-electron chi connectivity index (χ0n) is 28.9. The SMILES string of the molecule is CO.CO.COc1cc2c(cc1OC)[C@@]13CC[NH+]4CC5=CCO[C@H]6CC(=O)N2[C@H]1[C@H]6[C@H]5C[C@H]43.O=C(N[C@H](CO)C(=O)[O-])c1ccc([N+](=O)[O-])cc1. The molecule has 8 rings (SSSR count). The molecule has 3 saturated heterocycles. The number of nitrogens with one attached hydrogen (secondary N) is 2. The molecule has 5 N–H and O–H groups in total. The second-order valence-corrected chi connectivity index (χ2v) is 13.0. The molecule has 51 heavy (non-hydrogen) atoms. The average Bonchev–Trinajstić information content (AvgIpc) is 3.62. The first-order valence-electron chi connectivity index (χ1n) is 16.6. The fourth-order valence-corrected chi connectivity index (χ4v) is 9.25. The van der Waals surface area contributed by atoms with Gasteiger partial charge in [-0.1, -0.05) is 6.08 Å². The molecule has 0 radical (unpaired) electrons. The number of non-ortho nitro benzene ring substituents is 1. The second-order valence-electron chi connectivity index (χ2n) is 13.0. The van der Waals surface area contributed by atoms with Crippen molar-refractivity contribution in [2.24, 2.45) is 11.8 Å². The topological polar surface area (TPSA) is 225 Å². The van der Waals surface area contributed by atoms with E-state index in [1.165, 1.54) is 30.7 Å². The fraction of sp³-hybridized carbons (Fsp3) is 0.514. The van der Waals surface area contributed by atoms with Gasteiger partial charge in [0, 0.05) is 56.7 Å². The quantitative estimate of drug-likeness (QED) is 0.124. The van der Waals surface area contributed by atoms with E-state index in [1.54, 1.807) is 24.7 Å². The highest BCUT2D eigenvalue weighted by molar-refractivity contribution is 6.00. The first-order valence-corrected chi connectivity index (χ1v) is 16.6. The number of fused-ring (bicyclic) bond motifs is 2. The summed E-state index contributed by atoms with van der Waals surface area (Å²) in [4.78, 5) is 49.1. The molecule has 5 heterocycles. The molecular weight excluding hydrogens is 668 g/mol. The van der Waals surface area contributed by atoms with Crippen LogP contribution in [-0.2, 0) is 19.7 Å². The Labute approximate surface area is 294 Å². The van der Waals surface area contributed by atoms with Crippen LogP contribution in [-0.4, -0.2) is 117 Å². The molecular formula is C35H44N4O12. The number of piperidine rings is 2. The van der Waals surface area contributed by atoms with E-state index in [0.29, 0.717) is 36.7 Å². The van der Waals surface area contributed by atoms with Crippen LogP contribution in [0.2, 0.25) is 0 Å². The summed E-state index contributed by atoms with van der Waals surface area (Å²) in [5, 5.41) is 45.5. The molecule has 276 valence electrons. The largest absolute Gasteiger partial charge is 0.548 e. The number of benzene rings is 2. The number of aliphatic hydroxyl groups is 3. The number of nitro benzene ring substituents is 1. The van der Waals surface area contributed by atoms with Crippen LogP contribution in [0, 0.1) is 22.0 Å². The van der Waals surface area contributed by atoms with Crippen LogP contribution in [0.1, 0.15) is 35.2 Å². The number of methoxy groups -OCH3 is 2. The van der Waals surface area contributed by atoms with Gasteiger partial charge in [-0.05, 0) is 35.3 Å². The Hall–Kier alpha value is -4.61. The van der Waals surface area contributed by atoms with Gasteiger partial charge in [-0.2, -0.15) is 0 Å². The fourth-order valence-electron chi connectivity index (χ4n) is 9.25. The lowest BCUT2D eigenvalue weighted by molar-refractivity contribution is -0.916. The van der Waals surface area contributed by atoms with Gasteiger partial charge < -0.3 is 54.5 Å². The molecule has 1 spiro atoms. The number of hydrogen-bond acceptors (Lipinski definition) is 12. The molecule has 2 bridgehead atoms. The minimum atomic E-state index is -1.62. The van der Waals surface area contributed by atoms with Gasteiger partial charge in [-0.3, -0.25) is 19.7 Å². The molecule has 0 aromatic heterocycles. The van der Waals surface area contributed by atoms with Crippen molar-refractivity contribution in [3.8, 4) is 11.5 Å². The number of rotatable bonds is 7. The van der Waals surface area contributed by atoms with E-state index in [9.17, 15) is 29.6 Å². The number of carboxylic acid groups (broad SMARTS) is 1. The lowest BCUT2D eigenvalue weighted by Gasteiger charge is -2.56. The van der Waals surface area contributed by atoms with E-state index in [0.717, 1.165) is 50.8 Å². The van der Waals surface area contributed by atoms with Crippen molar-refractivity contribution in [1.29, 1.82) is 0 Å². The molecule has 4 fully saturated rings. The number of nitro groups is 1. The van der Waals surface area contributed by atoms with Gasteiger partial charge in [-0.15, -0.1) is 0 Å². The van der Waals surface area contributed by atoms with E-state index in [1.807, 2.05) is 5.32 Å². The van der Waals surface area contributed by atoms with Gasteiger partial charge >= 0.3 is 0 Å². The van der Waals surface area contributed by atoms with Crippen LogP contribution >= 0.6 is 0 Å². The van der Waals surface area contributed by atoms with Gasteiger partial charge in [0.15, 0.2) is 11.5 Å². The van der Waals surface area contributed by atoms with Crippen LogP contribution < -0.4 is 29.7 Å². The monoisotopic (exact) mass is 712 g/mol. The first kappa shape index (κ1) is 37.6. The Morgan fingerprint density at radius 3 is 2.41 bits per heavy atom. The third-order valence-electron chi connectivity index (χ3n) is 11.1. The summed E-state index contributed by atoms with van der Waals surface area (Å²) in [5.41, 5.74) is 3.81. The number of hydrogen-bond donors (Lipinski definition) is 5. The maximum absolute atomic E-state index is 13.5. The van der Waals surface area contributed by atoms with Crippen LogP contribution in [0.4, 0.5) is 11.4 Å². The summed E-state index contributed by atoms with van der Waals surface area (Å²) in [7, 11) is 5.37. The minimum absolute atomic E-state index is 0.0128. The highest BCUT2D eigenvalue weighted by Gasteiger charge is 2.73. The second kappa shape index (κ2) is 15.3. The standard InChI is InChI=1S/C23H26N2O4.C10H10N2O6.2CH4O/c1-27-16-8-14-15(9-17(16)28-2)25-20(26)10-18-21-13-7-19-23(14,22(21)25)4-5-24(19)11-12(13)3-6-29-18;13-5-8(10(15)16)11-9(14)6-1-3-7(4-2-6)12(17)18;2*1-2/h3,8-9,13,18-19,21-22H,4-7,10-11H2,1-2H3;1-4,8,13H,5H2,(H,11,14)(H,15,16);2*2H,1H3/t13-,18-,19-,21-,22-,23+;8-;;/m01../s1. The van der Waals surface area contributed by atoms with Crippen molar-refractivity contribution >= 4 is 29.2 Å². The van der Waals surface area contributed by atoms with Crippen molar-refractivity contribution in [3.05, 3.63) is 69.3 Å². The summed E-state index contributed by atoms with van der Waals surface area (Å²) in [5.74, 6) is 0.245. The number of carbonyl (C=O) groups is 3. The van der Waals surface area contributed by atoms with Crippen molar-refractivity contribution in [2.75, 3.05) is 59.6 Å². The number of ether oxygens (including phenoxy) is 3. The average molecular weight is 713 g/mol. The molecule has 8 atom stereocenters. The van der Waals surface area contributed by atoms with E-state index in [-0.39, 0.29) is 34.7 Å². The number of quaternary nitrogens is 1. The molecule has 1 unspecified atom stereocenters. The summed E-state index contributed by atoms with van der Waals surface area (Å²) in [6.07, 6.45) is 5.22. The van der Waals surface area contributed by atoms with Crippen molar-refractivity contribution in [3.63, 3.8) is 0 Å². The van der Waals surface area contributed by atoms with Gasteiger partial charge in [0.25, 0.3) is 11.6 Å². The van der Waals surface area contributed by atoms with Crippen molar-refractivity contribution < 1.29 is 58.8 Å². The number of amides is 2. The Kier molecular flexibility index (Phi) is 11.3. The Bertz CT molecular complexity index is 1680. The smallest absolute Gasteiger partial charge is 0.269 e. The molecule has 6 aliphatic rings. The third-order valence-corrected chi connectivity index (χ3v) is 11.1. The maximum Gasteiger partial charge on any atom is 0.269 e. The summed E-state index contributed by atoms with van der Waals surface area (Å²) < 4.78 is 17.6. The predicted octanol–water partition coefficient (Wildman–Crippen LogP) is -1.65. The van der Waals surface area contributed by atoms with E-state index in [4.69, 9.17) is 29.5 Å². The van der Waals surface area contributed by atoms with Gasteiger partial charge in [0.05, 0.1) is 87.1 Å². The zero-order chi connectivity index (χ0) is 37.2. The number of aliphatic hydroxyl groups excluding tert-OH is 3. The third kappa shape index (κ3) is 6.20. The molecule has 2 aromatic carbocycles. The number of carbonyl (C=O) groups excluding carboxylic acids is 3. The van der Waals surface area contributed by atoms with Crippen LogP contribution in [0.15, 0.2) is 48.0 Å². The van der Waals surface area contributed by atoms with Gasteiger partial charge in [-0.25, -0.2) is 0 Å². The summed E-state index contributed by atoms with van der Waals surface area (Å²) in [6.45, 7) is 2.18. The molecule has 5 aliphatic heterocycles. The molecule has 16 heteroatoms. The minimum Gasteiger partial charge on any atom is -0.548 e. The highest BCUT2D eigenvalue weighted by Crippen LogP contribution is 2.63.